The minimum absolute atomic E-state index is 0.0113. The van der Waals surface area contributed by atoms with Crippen molar-refractivity contribution in [1.82, 2.24) is 5.32 Å². The van der Waals surface area contributed by atoms with Gasteiger partial charge in [0, 0.05) is 12.6 Å². The smallest absolute Gasteiger partial charge is 0.225 e. The van der Waals surface area contributed by atoms with Gasteiger partial charge in [-0.05, 0) is 37.5 Å². The minimum atomic E-state index is -0.432. The van der Waals surface area contributed by atoms with Crippen LogP contribution in [0.1, 0.15) is 32.6 Å². The molecule has 0 aromatic heterocycles. The van der Waals surface area contributed by atoms with Crippen LogP contribution in [0.2, 0.25) is 0 Å². The van der Waals surface area contributed by atoms with Crippen LogP contribution in [0.4, 0.5) is 0 Å². The Morgan fingerprint density at radius 2 is 2.19 bits per heavy atom. The molecule has 2 bridgehead atoms. The van der Waals surface area contributed by atoms with Gasteiger partial charge in [0.05, 0.1) is 12.0 Å². The van der Waals surface area contributed by atoms with E-state index in [-0.39, 0.29) is 17.9 Å². The van der Waals surface area contributed by atoms with Crippen molar-refractivity contribution in [2.45, 2.75) is 44.8 Å². The van der Waals surface area contributed by atoms with Gasteiger partial charge in [0.25, 0.3) is 0 Å². The molecule has 2 aliphatic rings. The Hall–Kier alpha value is -0.610. The highest BCUT2D eigenvalue weighted by molar-refractivity contribution is 5.80. The van der Waals surface area contributed by atoms with Gasteiger partial charge < -0.3 is 16.2 Å². The second-order valence-corrected chi connectivity index (χ2v) is 5.24. The van der Waals surface area contributed by atoms with Crippen LogP contribution in [-0.2, 0) is 4.79 Å². The highest BCUT2D eigenvalue weighted by Gasteiger charge is 2.48. The molecule has 4 nitrogen and oxygen atoms in total. The van der Waals surface area contributed by atoms with Crippen LogP contribution in [0.3, 0.4) is 0 Å². The summed E-state index contributed by atoms with van der Waals surface area (Å²) in [6.07, 6.45) is 3.69. The van der Waals surface area contributed by atoms with Gasteiger partial charge in [-0.1, -0.05) is 6.92 Å². The number of carbonyl (C=O) groups is 1. The molecule has 0 aromatic carbocycles. The summed E-state index contributed by atoms with van der Waals surface area (Å²) in [7, 11) is 0. The van der Waals surface area contributed by atoms with Gasteiger partial charge in [0.15, 0.2) is 0 Å². The lowest BCUT2D eigenvalue weighted by molar-refractivity contribution is -0.127. The third kappa shape index (κ3) is 2.09. The number of hydrogen-bond donors (Lipinski definition) is 3. The Bertz CT molecular complexity index is 268. The molecular formula is C12H22N2O2. The first-order chi connectivity index (χ1) is 7.63. The number of hydrogen-bond acceptors (Lipinski definition) is 3. The van der Waals surface area contributed by atoms with Crippen LogP contribution in [0, 0.1) is 17.8 Å². The molecule has 0 aromatic rings. The van der Waals surface area contributed by atoms with E-state index in [2.05, 4.69) is 5.32 Å². The first-order valence-corrected chi connectivity index (χ1v) is 6.34. The number of carbonyl (C=O) groups excluding carboxylic acids is 1. The Labute approximate surface area is 96.6 Å². The number of fused-ring (bicyclic) bond motifs is 2. The number of aliphatic hydroxyl groups excluding tert-OH is 1. The van der Waals surface area contributed by atoms with Crippen molar-refractivity contribution in [3.63, 3.8) is 0 Å². The maximum Gasteiger partial charge on any atom is 0.225 e. The molecule has 4 heteroatoms. The minimum Gasteiger partial charge on any atom is -0.391 e. The monoisotopic (exact) mass is 226 g/mol. The van der Waals surface area contributed by atoms with Crippen molar-refractivity contribution >= 4 is 5.91 Å². The van der Waals surface area contributed by atoms with Gasteiger partial charge in [-0.15, -0.1) is 0 Å². The molecule has 16 heavy (non-hydrogen) atoms. The molecule has 5 atom stereocenters. The molecule has 4 N–H and O–H groups in total. The third-order valence-corrected chi connectivity index (χ3v) is 4.27. The van der Waals surface area contributed by atoms with Gasteiger partial charge >= 0.3 is 0 Å². The first kappa shape index (κ1) is 11.9. The summed E-state index contributed by atoms with van der Waals surface area (Å²) in [5.74, 6) is 1.07. The van der Waals surface area contributed by atoms with E-state index in [9.17, 15) is 9.90 Å². The van der Waals surface area contributed by atoms with E-state index >= 15 is 0 Å². The lowest BCUT2D eigenvalue weighted by Gasteiger charge is -2.27. The molecule has 5 unspecified atom stereocenters. The summed E-state index contributed by atoms with van der Waals surface area (Å²) in [5.41, 5.74) is 6.08. The molecule has 0 heterocycles. The summed E-state index contributed by atoms with van der Waals surface area (Å²) in [5, 5.41) is 12.2. The molecule has 0 aliphatic heterocycles. The topological polar surface area (TPSA) is 75.3 Å². The van der Waals surface area contributed by atoms with E-state index in [1.54, 1.807) is 0 Å². The lowest BCUT2D eigenvalue weighted by atomic mass is 9.84. The molecule has 1 amide bonds. The molecule has 0 spiro atoms. The second kappa shape index (κ2) is 4.72. The van der Waals surface area contributed by atoms with Gasteiger partial charge in [0.1, 0.15) is 0 Å². The maximum atomic E-state index is 12.0. The van der Waals surface area contributed by atoms with Gasteiger partial charge in [-0.25, -0.2) is 0 Å². The third-order valence-electron chi connectivity index (χ3n) is 4.27. The standard InChI is InChI=1S/C12H22N2O2/c1-2-9(15)6-14-12(16)10-7-3-4-8(5-7)11(10)13/h7-11,15H,2-6,13H2,1H3,(H,14,16). The highest BCUT2D eigenvalue weighted by atomic mass is 16.3. The Morgan fingerprint density at radius 3 is 2.75 bits per heavy atom. The number of rotatable bonds is 4. The zero-order valence-corrected chi connectivity index (χ0v) is 9.86. The van der Waals surface area contributed by atoms with Crippen LogP contribution in [0.5, 0.6) is 0 Å². The number of nitrogens with one attached hydrogen (secondary N) is 1. The predicted octanol–water partition coefficient (Wildman–Crippen LogP) is 0.247. The zero-order valence-electron chi connectivity index (χ0n) is 9.86. The van der Waals surface area contributed by atoms with E-state index in [0.717, 1.165) is 12.8 Å². The van der Waals surface area contributed by atoms with E-state index in [0.29, 0.717) is 24.8 Å². The largest absolute Gasteiger partial charge is 0.391 e. The quantitative estimate of drug-likeness (QED) is 0.643. The van der Waals surface area contributed by atoms with Crippen molar-refractivity contribution < 1.29 is 9.90 Å². The molecule has 0 radical (unpaired) electrons. The Balaban J connectivity index is 1.86. The van der Waals surface area contributed by atoms with Crippen molar-refractivity contribution in [2.24, 2.45) is 23.5 Å². The van der Waals surface area contributed by atoms with E-state index in [1.807, 2.05) is 6.92 Å². The number of amides is 1. The maximum absolute atomic E-state index is 12.0. The molecule has 0 saturated heterocycles. The first-order valence-electron chi connectivity index (χ1n) is 6.34. The fraction of sp³-hybridized carbons (Fsp3) is 0.917. The molecular weight excluding hydrogens is 204 g/mol. The molecule has 2 saturated carbocycles. The van der Waals surface area contributed by atoms with Crippen molar-refractivity contribution in [3.8, 4) is 0 Å². The number of nitrogens with two attached hydrogens (primary N) is 1. The lowest BCUT2D eigenvalue weighted by Crippen LogP contribution is -2.46. The average Bonchev–Trinajstić information content (AvgIpc) is 2.85. The van der Waals surface area contributed by atoms with Crippen molar-refractivity contribution in [3.05, 3.63) is 0 Å². The summed E-state index contributed by atoms with van der Waals surface area (Å²) in [6, 6.07) is 0.0394. The summed E-state index contributed by atoms with van der Waals surface area (Å²) in [4.78, 5) is 12.0. The Kier molecular flexibility index (Phi) is 3.50. The zero-order chi connectivity index (χ0) is 11.7. The Morgan fingerprint density at radius 1 is 1.50 bits per heavy atom. The van der Waals surface area contributed by atoms with Gasteiger partial charge in [-0.3, -0.25) is 4.79 Å². The highest BCUT2D eigenvalue weighted by Crippen LogP contribution is 2.47. The van der Waals surface area contributed by atoms with Gasteiger partial charge in [0.2, 0.25) is 5.91 Å². The van der Waals surface area contributed by atoms with Crippen molar-refractivity contribution in [2.75, 3.05) is 6.54 Å². The molecule has 2 fully saturated rings. The molecule has 2 rings (SSSR count). The average molecular weight is 226 g/mol. The van der Waals surface area contributed by atoms with E-state index < -0.39 is 6.10 Å². The second-order valence-electron chi connectivity index (χ2n) is 5.24. The van der Waals surface area contributed by atoms with Crippen LogP contribution < -0.4 is 11.1 Å². The summed E-state index contributed by atoms with van der Waals surface area (Å²) in [6.45, 7) is 2.26. The fourth-order valence-corrected chi connectivity index (χ4v) is 3.21. The predicted molar refractivity (Wildman–Crippen MR) is 61.6 cm³/mol. The van der Waals surface area contributed by atoms with Crippen LogP contribution in [0.25, 0.3) is 0 Å². The fourth-order valence-electron chi connectivity index (χ4n) is 3.21. The van der Waals surface area contributed by atoms with E-state index in [4.69, 9.17) is 5.73 Å². The summed E-state index contributed by atoms with van der Waals surface area (Å²) >= 11 is 0. The molecule has 92 valence electrons. The van der Waals surface area contributed by atoms with Gasteiger partial charge in [-0.2, -0.15) is 0 Å². The molecule has 2 aliphatic carbocycles. The van der Waals surface area contributed by atoms with Crippen LogP contribution >= 0.6 is 0 Å². The van der Waals surface area contributed by atoms with Crippen LogP contribution in [-0.4, -0.2) is 29.7 Å². The summed E-state index contributed by atoms with van der Waals surface area (Å²) < 4.78 is 0. The number of aliphatic hydroxyl groups is 1. The van der Waals surface area contributed by atoms with Crippen molar-refractivity contribution in [1.29, 1.82) is 0 Å². The normalized spacial score (nSPS) is 38.7. The van der Waals surface area contributed by atoms with E-state index in [1.165, 1.54) is 6.42 Å². The SMILES string of the molecule is CCC(O)CNC(=O)C1C2CCC(C2)C1N. The van der Waals surface area contributed by atoms with Crippen LogP contribution in [0.15, 0.2) is 0 Å².